The van der Waals surface area contributed by atoms with Crippen LogP contribution in [0.15, 0.2) is 59.9 Å². The van der Waals surface area contributed by atoms with E-state index in [1.54, 1.807) is 12.4 Å². The molecule has 5 rings (SSSR count). The molecule has 0 unspecified atom stereocenters. The molecule has 3 heterocycles. The Hall–Kier alpha value is -3.32. The molecule has 6 nitrogen and oxygen atoms in total. The highest BCUT2D eigenvalue weighted by atomic mass is 32.2. The minimum atomic E-state index is -0.131. The Kier molecular flexibility index (Phi) is 6.28. The van der Waals surface area contributed by atoms with Crippen LogP contribution >= 0.6 is 11.8 Å². The van der Waals surface area contributed by atoms with Crippen molar-refractivity contribution in [1.82, 2.24) is 14.8 Å². The molecule has 0 fully saturated rings. The first-order valence-corrected chi connectivity index (χ1v) is 12.9. The van der Waals surface area contributed by atoms with Gasteiger partial charge >= 0.3 is 0 Å². The summed E-state index contributed by atoms with van der Waals surface area (Å²) in [4.78, 5) is 18.5. The molecule has 2 aromatic carbocycles. The molecule has 180 valence electrons. The quantitative estimate of drug-likeness (QED) is 0.348. The zero-order valence-corrected chi connectivity index (χ0v) is 21.4. The molecule has 0 bridgehead atoms. The molecule has 0 aliphatic carbocycles. The Morgan fingerprint density at radius 2 is 2.03 bits per heavy atom. The molecule has 4 aromatic rings. The molecule has 35 heavy (non-hydrogen) atoms. The highest BCUT2D eigenvalue weighted by molar-refractivity contribution is 7.99. The summed E-state index contributed by atoms with van der Waals surface area (Å²) in [5.41, 5.74) is 4.82. The second-order valence-electron chi connectivity index (χ2n) is 10.0. The van der Waals surface area contributed by atoms with Gasteiger partial charge in [0.05, 0.1) is 29.4 Å². The van der Waals surface area contributed by atoms with Crippen LogP contribution < -0.4 is 10.1 Å². The van der Waals surface area contributed by atoms with Gasteiger partial charge in [0.15, 0.2) is 0 Å². The lowest BCUT2D eigenvalue weighted by atomic mass is 10.1. The third-order valence-electron chi connectivity index (χ3n) is 6.11. The van der Waals surface area contributed by atoms with E-state index >= 15 is 0 Å². The Morgan fingerprint density at radius 1 is 1.17 bits per heavy atom. The van der Waals surface area contributed by atoms with E-state index in [4.69, 9.17) is 4.74 Å². The first-order chi connectivity index (χ1) is 16.8. The van der Waals surface area contributed by atoms with Crippen molar-refractivity contribution in [1.29, 1.82) is 0 Å². The lowest BCUT2D eigenvalue weighted by molar-refractivity contribution is -0.115. The van der Waals surface area contributed by atoms with Crippen molar-refractivity contribution in [3.05, 3.63) is 71.7 Å². The van der Waals surface area contributed by atoms with Gasteiger partial charge in [0, 0.05) is 22.7 Å². The third kappa shape index (κ3) is 5.20. The van der Waals surface area contributed by atoms with Crippen LogP contribution in [0, 0.1) is 6.92 Å². The van der Waals surface area contributed by atoms with Crippen LogP contribution in [0.1, 0.15) is 43.9 Å². The summed E-state index contributed by atoms with van der Waals surface area (Å²) in [6.07, 6.45) is 7.94. The van der Waals surface area contributed by atoms with Crippen LogP contribution in [0.4, 0.5) is 5.69 Å². The van der Waals surface area contributed by atoms with Gasteiger partial charge in [0.25, 0.3) is 0 Å². The summed E-state index contributed by atoms with van der Waals surface area (Å²) in [7, 11) is 0. The number of carbonyl (C=O) groups excluding carboxylic acids is 1. The Morgan fingerprint density at radius 3 is 2.80 bits per heavy atom. The van der Waals surface area contributed by atoms with Crippen LogP contribution in [0.25, 0.3) is 10.9 Å². The third-order valence-corrected chi connectivity index (χ3v) is 7.29. The fraction of sp³-hybridized carbons (Fsp3) is 0.321. The Bertz CT molecular complexity index is 1400. The second kappa shape index (κ2) is 9.38. The molecule has 2 aromatic heterocycles. The standard InChI is InChI=1S/C28H30N4O2S/c1-18-12-19(13-27(33)31-21-16-30-32(17-21)28(2,3)4)7-8-24(18)34-25-9-10-29-23-14-20-6-5-11-35-26(20)15-22(23)25/h7-10,12,14-17H,5-6,11,13H2,1-4H3,(H,31,33). The van der Waals surface area contributed by atoms with Crippen LogP contribution in [0.3, 0.4) is 0 Å². The SMILES string of the molecule is Cc1cc(CC(=O)Nc2cnn(C(C)(C)C)c2)ccc1Oc1ccnc2cc3c(cc12)SCCC3. The van der Waals surface area contributed by atoms with Crippen molar-refractivity contribution >= 4 is 34.3 Å². The van der Waals surface area contributed by atoms with Gasteiger partial charge in [-0.2, -0.15) is 5.10 Å². The number of aryl methyl sites for hydroxylation is 2. The molecule has 1 N–H and O–H groups in total. The summed E-state index contributed by atoms with van der Waals surface area (Å²) >= 11 is 1.91. The fourth-order valence-corrected chi connectivity index (χ4v) is 5.31. The Labute approximate surface area is 210 Å². The van der Waals surface area contributed by atoms with E-state index in [-0.39, 0.29) is 17.9 Å². The molecule has 0 spiro atoms. The number of rotatable bonds is 5. The Balaban J connectivity index is 1.30. The number of pyridine rings is 1. The van der Waals surface area contributed by atoms with Gasteiger partial charge in [0.2, 0.25) is 5.91 Å². The first-order valence-electron chi connectivity index (χ1n) is 11.9. The summed E-state index contributed by atoms with van der Waals surface area (Å²) < 4.78 is 8.19. The van der Waals surface area contributed by atoms with Crippen molar-refractivity contribution in [3.8, 4) is 11.5 Å². The lowest BCUT2D eigenvalue weighted by Crippen LogP contribution is -2.22. The number of thioether (sulfide) groups is 1. The number of ether oxygens (including phenoxy) is 1. The number of nitrogens with zero attached hydrogens (tertiary/aromatic N) is 3. The number of fused-ring (bicyclic) bond motifs is 2. The van der Waals surface area contributed by atoms with E-state index in [1.165, 1.54) is 16.9 Å². The average molecular weight is 487 g/mol. The maximum absolute atomic E-state index is 12.6. The van der Waals surface area contributed by atoms with Gasteiger partial charge in [0.1, 0.15) is 11.5 Å². The molecule has 0 saturated carbocycles. The summed E-state index contributed by atoms with van der Waals surface area (Å²) in [5.74, 6) is 2.66. The predicted molar refractivity (Wildman–Crippen MR) is 142 cm³/mol. The number of carbonyl (C=O) groups is 1. The number of hydrogen-bond acceptors (Lipinski definition) is 5. The zero-order chi connectivity index (χ0) is 24.6. The van der Waals surface area contributed by atoms with Crippen LogP contribution in [-0.2, 0) is 23.2 Å². The predicted octanol–water partition coefficient (Wildman–Crippen LogP) is 6.51. The molecular weight excluding hydrogens is 456 g/mol. The van der Waals surface area contributed by atoms with E-state index < -0.39 is 0 Å². The number of benzene rings is 2. The highest BCUT2D eigenvalue weighted by Crippen LogP contribution is 2.37. The van der Waals surface area contributed by atoms with E-state index in [1.807, 2.05) is 53.8 Å². The minimum absolute atomic E-state index is 0.0751. The van der Waals surface area contributed by atoms with Gasteiger partial charge in [-0.15, -0.1) is 11.8 Å². The average Bonchev–Trinajstić information content (AvgIpc) is 3.29. The summed E-state index contributed by atoms with van der Waals surface area (Å²) in [6, 6.07) is 12.2. The van der Waals surface area contributed by atoms with Crippen LogP contribution in [0.2, 0.25) is 0 Å². The van der Waals surface area contributed by atoms with Crippen LogP contribution in [-0.4, -0.2) is 26.4 Å². The van der Waals surface area contributed by atoms with E-state index in [2.05, 4.69) is 48.3 Å². The number of hydrogen-bond donors (Lipinski definition) is 1. The van der Waals surface area contributed by atoms with Gasteiger partial charge in [-0.3, -0.25) is 14.5 Å². The van der Waals surface area contributed by atoms with Crippen molar-refractivity contribution in [2.45, 2.75) is 57.4 Å². The minimum Gasteiger partial charge on any atom is -0.456 e. The number of aromatic nitrogens is 3. The van der Waals surface area contributed by atoms with Crippen molar-refractivity contribution in [2.75, 3.05) is 11.1 Å². The fourth-order valence-electron chi connectivity index (χ4n) is 4.25. The molecule has 1 aliphatic heterocycles. The molecule has 1 aliphatic rings. The molecular formula is C28H30N4O2S. The lowest BCUT2D eigenvalue weighted by Gasteiger charge is -2.18. The molecule has 1 amide bonds. The van der Waals surface area contributed by atoms with Gasteiger partial charge in [-0.1, -0.05) is 12.1 Å². The normalized spacial score (nSPS) is 13.5. The number of amides is 1. The molecule has 0 saturated heterocycles. The maximum Gasteiger partial charge on any atom is 0.228 e. The summed E-state index contributed by atoms with van der Waals surface area (Å²) in [5, 5.41) is 8.30. The topological polar surface area (TPSA) is 69.0 Å². The number of nitrogens with one attached hydrogen (secondary N) is 1. The monoisotopic (exact) mass is 486 g/mol. The highest BCUT2D eigenvalue weighted by Gasteiger charge is 2.16. The van der Waals surface area contributed by atoms with Crippen molar-refractivity contribution < 1.29 is 9.53 Å². The van der Waals surface area contributed by atoms with Gasteiger partial charge < -0.3 is 10.1 Å². The smallest absolute Gasteiger partial charge is 0.228 e. The molecule has 0 atom stereocenters. The van der Waals surface area contributed by atoms with E-state index in [0.29, 0.717) is 5.69 Å². The molecule has 7 heteroatoms. The van der Waals surface area contributed by atoms with E-state index in [9.17, 15) is 4.79 Å². The van der Waals surface area contributed by atoms with E-state index in [0.717, 1.165) is 45.7 Å². The second-order valence-corrected chi connectivity index (χ2v) is 11.1. The largest absolute Gasteiger partial charge is 0.456 e. The van der Waals surface area contributed by atoms with Crippen molar-refractivity contribution in [3.63, 3.8) is 0 Å². The molecule has 0 radical (unpaired) electrons. The van der Waals surface area contributed by atoms with Gasteiger partial charge in [-0.05, 0) is 87.2 Å². The summed E-state index contributed by atoms with van der Waals surface area (Å²) in [6.45, 7) is 8.21. The van der Waals surface area contributed by atoms with Crippen LogP contribution in [0.5, 0.6) is 11.5 Å². The number of anilines is 1. The zero-order valence-electron chi connectivity index (χ0n) is 20.6. The van der Waals surface area contributed by atoms with Crippen molar-refractivity contribution in [2.24, 2.45) is 0 Å². The maximum atomic E-state index is 12.6. The van der Waals surface area contributed by atoms with Gasteiger partial charge in [-0.25, -0.2) is 0 Å². The first kappa shape index (κ1) is 23.4.